The first kappa shape index (κ1) is 11.8. The second-order valence-corrected chi connectivity index (χ2v) is 3.53. The van der Waals surface area contributed by atoms with Crippen molar-refractivity contribution >= 4 is 15.9 Å². The first-order valence-electron chi connectivity index (χ1n) is 4.11. The van der Waals surface area contributed by atoms with Crippen LogP contribution in [0.25, 0.3) is 0 Å². The van der Waals surface area contributed by atoms with Crippen LogP contribution in [0.3, 0.4) is 0 Å². The van der Waals surface area contributed by atoms with E-state index in [1.807, 2.05) is 6.07 Å². The molecular formula is C10H9BrFNO2. The number of nitriles is 1. The molecular weight excluding hydrogens is 265 g/mol. The normalized spacial score (nSPS) is 9.53. The molecule has 15 heavy (non-hydrogen) atoms. The highest BCUT2D eigenvalue weighted by molar-refractivity contribution is 9.10. The minimum Gasteiger partial charge on any atom is -0.493 e. The lowest BCUT2D eigenvalue weighted by atomic mass is 10.1. The van der Waals surface area contributed by atoms with Crippen molar-refractivity contribution in [1.29, 1.82) is 5.26 Å². The van der Waals surface area contributed by atoms with E-state index in [9.17, 15) is 4.39 Å². The number of halogens is 2. The molecule has 0 amide bonds. The lowest BCUT2D eigenvalue weighted by Gasteiger charge is -2.12. The second-order valence-electron chi connectivity index (χ2n) is 2.73. The molecule has 80 valence electrons. The molecule has 0 bridgehead atoms. The first-order chi connectivity index (χ1) is 7.15. The Hall–Kier alpha value is -1.28. The fourth-order valence-corrected chi connectivity index (χ4v) is 1.80. The van der Waals surface area contributed by atoms with Crippen LogP contribution in [-0.2, 0) is 6.42 Å². The van der Waals surface area contributed by atoms with Crippen molar-refractivity contribution < 1.29 is 13.9 Å². The van der Waals surface area contributed by atoms with Crippen LogP contribution in [0.15, 0.2) is 10.5 Å². The van der Waals surface area contributed by atoms with Gasteiger partial charge in [0.1, 0.15) is 5.82 Å². The zero-order valence-electron chi connectivity index (χ0n) is 8.30. The van der Waals surface area contributed by atoms with E-state index < -0.39 is 5.82 Å². The third kappa shape index (κ3) is 2.21. The number of methoxy groups -OCH3 is 2. The van der Waals surface area contributed by atoms with E-state index in [1.165, 1.54) is 20.3 Å². The van der Waals surface area contributed by atoms with Crippen LogP contribution in [0.5, 0.6) is 11.5 Å². The number of rotatable bonds is 3. The summed E-state index contributed by atoms with van der Waals surface area (Å²) in [5.74, 6) is 0.196. The molecule has 0 aliphatic heterocycles. The van der Waals surface area contributed by atoms with Crippen molar-refractivity contribution in [3.63, 3.8) is 0 Å². The van der Waals surface area contributed by atoms with Crippen LogP contribution >= 0.6 is 15.9 Å². The third-order valence-corrected chi connectivity index (χ3v) is 2.60. The molecule has 0 aliphatic carbocycles. The van der Waals surface area contributed by atoms with Crippen LogP contribution in [0.1, 0.15) is 5.56 Å². The number of nitrogens with zero attached hydrogens (tertiary/aromatic N) is 1. The molecule has 1 aromatic carbocycles. The smallest absolute Gasteiger partial charge is 0.177 e. The average molecular weight is 274 g/mol. The van der Waals surface area contributed by atoms with Gasteiger partial charge in [-0.05, 0) is 22.0 Å². The maximum absolute atomic E-state index is 13.6. The molecule has 5 heteroatoms. The van der Waals surface area contributed by atoms with Crippen LogP contribution in [0.4, 0.5) is 4.39 Å². The van der Waals surface area contributed by atoms with Gasteiger partial charge >= 0.3 is 0 Å². The molecule has 0 heterocycles. The molecule has 0 spiro atoms. The van der Waals surface area contributed by atoms with Crippen molar-refractivity contribution in [2.24, 2.45) is 0 Å². The summed E-state index contributed by atoms with van der Waals surface area (Å²) in [6.07, 6.45) is -0.00914. The molecule has 0 saturated heterocycles. The maximum Gasteiger partial charge on any atom is 0.177 e. The molecule has 0 aliphatic rings. The van der Waals surface area contributed by atoms with Gasteiger partial charge < -0.3 is 9.47 Å². The highest BCUT2D eigenvalue weighted by atomic mass is 79.9. The van der Waals surface area contributed by atoms with Crippen LogP contribution < -0.4 is 9.47 Å². The first-order valence-corrected chi connectivity index (χ1v) is 4.90. The molecule has 0 atom stereocenters. The molecule has 0 saturated carbocycles. The molecule has 1 rings (SSSR count). The van der Waals surface area contributed by atoms with Gasteiger partial charge in [-0.2, -0.15) is 5.26 Å². The van der Waals surface area contributed by atoms with Gasteiger partial charge in [0.05, 0.1) is 31.2 Å². The quantitative estimate of drug-likeness (QED) is 0.851. The van der Waals surface area contributed by atoms with Crippen LogP contribution in [0.2, 0.25) is 0 Å². The highest BCUT2D eigenvalue weighted by Crippen LogP contribution is 2.38. The SMILES string of the molecule is COc1cc(CC#N)c(F)c(Br)c1OC. The third-order valence-electron chi connectivity index (χ3n) is 1.90. The van der Waals surface area contributed by atoms with Crippen molar-refractivity contribution in [3.05, 3.63) is 21.9 Å². The van der Waals surface area contributed by atoms with E-state index in [4.69, 9.17) is 14.7 Å². The van der Waals surface area contributed by atoms with E-state index in [2.05, 4.69) is 15.9 Å². The summed E-state index contributed by atoms with van der Waals surface area (Å²) in [5, 5.41) is 8.52. The van der Waals surface area contributed by atoms with Gasteiger partial charge in [0.2, 0.25) is 0 Å². The van der Waals surface area contributed by atoms with Gasteiger partial charge in [-0.15, -0.1) is 0 Å². The van der Waals surface area contributed by atoms with Crippen molar-refractivity contribution in [3.8, 4) is 17.6 Å². The summed E-state index contributed by atoms with van der Waals surface area (Å²) in [6.45, 7) is 0. The van der Waals surface area contributed by atoms with Crippen molar-refractivity contribution in [2.45, 2.75) is 6.42 Å². The van der Waals surface area contributed by atoms with Crippen molar-refractivity contribution in [1.82, 2.24) is 0 Å². The Balaban J connectivity index is 3.37. The topological polar surface area (TPSA) is 42.2 Å². The predicted molar refractivity (Wildman–Crippen MR) is 56.5 cm³/mol. The summed E-state index contributed by atoms with van der Waals surface area (Å²) in [4.78, 5) is 0. The fourth-order valence-electron chi connectivity index (χ4n) is 1.19. The lowest BCUT2D eigenvalue weighted by molar-refractivity contribution is 0.349. The Morgan fingerprint density at radius 1 is 1.47 bits per heavy atom. The monoisotopic (exact) mass is 273 g/mol. The molecule has 1 aromatic rings. The predicted octanol–water partition coefficient (Wildman–Crippen LogP) is 2.67. The second kappa shape index (κ2) is 4.99. The summed E-state index contributed by atoms with van der Waals surface area (Å²) < 4.78 is 23.8. The molecule has 0 radical (unpaired) electrons. The molecule has 0 unspecified atom stereocenters. The number of benzene rings is 1. The number of ether oxygens (including phenoxy) is 2. The Bertz CT molecular complexity index is 415. The van der Waals surface area contributed by atoms with Gasteiger partial charge in [-0.1, -0.05) is 0 Å². The molecule has 3 nitrogen and oxygen atoms in total. The van der Waals surface area contributed by atoms with Gasteiger partial charge in [0.25, 0.3) is 0 Å². The average Bonchev–Trinajstić information content (AvgIpc) is 2.24. The summed E-state index contributed by atoms with van der Waals surface area (Å²) in [7, 11) is 2.88. The van der Waals surface area contributed by atoms with E-state index in [-0.39, 0.29) is 22.2 Å². The van der Waals surface area contributed by atoms with Crippen molar-refractivity contribution in [2.75, 3.05) is 14.2 Å². The highest BCUT2D eigenvalue weighted by Gasteiger charge is 2.17. The van der Waals surface area contributed by atoms with E-state index in [0.29, 0.717) is 5.75 Å². The fraction of sp³-hybridized carbons (Fsp3) is 0.300. The zero-order chi connectivity index (χ0) is 11.4. The number of hydrogen-bond donors (Lipinski definition) is 0. The maximum atomic E-state index is 13.6. The van der Waals surface area contributed by atoms with E-state index in [1.54, 1.807) is 0 Å². The van der Waals surface area contributed by atoms with Crippen LogP contribution in [0, 0.1) is 17.1 Å². The largest absolute Gasteiger partial charge is 0.493 e. The minimum atomic E-state index is -0.491. The molecule has 0 aromatic heterocycles. The van der Waals surface area contributed by atoms with E-state index >= 15 is 0 Å². The molecule has 0 fully saturated rings. The Morgan fingerprint density at radius 2 is 2.13 bits per heavy atom. The van der Waals surface area contributed by atoms with E-state index in [0.717, 1.165) is 0 Å². The standard InChI is InChI=1S/C10H9BrFNO2/c1-14-7-5-6(3-4-13)9(12)8(11)10(7)15-2/h5H,3H2,1-2H3. The Morgan fingerprint density at radius 3 is 2.60 bits per heavy atom. The Labute approximate surface area is 95.5 Å². The Kier molecular flexibility index (Phi) is 3.92. The zero-order valence-corrected chi connectivity index (χ0v) is 9.89. The van der Waals surface area contributed by atoms with Gasteiger partial charge in [0.15, 0.2) is 11.5 Å². The lowest BCUT2D eigenvalue weighted by Crippen LogP contribution is -1.98. The summed E-state index contributed by atoms with van der Waals surface area (Å²) >= 11 is 3.06. The van der Waals surface area contributed by atoms with Gasteiger partial charge in [0, 0.05) is 5.56 Å². The molecule has 0 N–H and O–H groups in total. The summed E-state index contributed by atoms with van der Waals surface area (Å²) in [5.41, 5.74) is 0.280. The minimum absolute atomic E-state index is 0.00914. The van der Waals surface area contributed by atoms with Gasteiger partial charge in [-0.3, -0.25) is 0 Å². The van der Waals surface area contributed by atoms with Gasteiger partial charge in [-0.25, -0.2) is 4.39 Å². The summed E-state index contributed by atoms with van der Waals surface area (Å²) in [6, 6.07) is 3.34. The van der Waals surface area contributed by atoms with Crippen LogP contribution in [-0.4, -0.2) is 14.2 Å². The number of hydrogen-bond acceptors (Lipinski definition) is 3.